The molecule has 0 aliphatic heterocycles. The number of aromatic nitrogens is 1. The van der Waals surface area contributed by atoms with E-state index in [9.17, 15) is 43.2 Å². The number of alkyl halides is 6. The van der Waals surface area contributed by atoms with Gasteiger partial charge in [0.1, 0.15) is 6.54 Å². The van der Waals surface area contributed by atoms with E-state index in [1.807, 2.05) is 11.3 Å². The van der Waals surface area contributed by atoms with Gasteiger partial charge in [-0.1, -0.05) is 37.5 Å². The van der Waals surface area contributed by atoms with Crippen LogP contribution in [0.2, 0.25) is 0 Å². The van der Waals surface area contributed by atoms with E-state index >= 15 is 0 Å². The zero-order valence-corrected chi connectivity index (χ0v) is 18.3. The molecule has 1 aromatic rings. The van der Waals surface area contributed by atoms with Crippen molar-refractivity contribution in [2.45, 2.75) is 70.4 Å². The van der Waals surface area contributed by atoms with Crippen LogP contribution in [0.15, 0.2) is 5.51 Å². The lowest BCUT2D eigenvalue weighted by atomic mass is 10.1. The van der Waals surface area contributed by atoms with Crippen molar-refractivity contribution in [3.8, 4) is 0 Å². The fraction of sp³-hybridized carbons (Fsp3) is 0.786. The van der Waals surface area contributed by atoms with Gasteiger partial charge in [-0.2, -0.15) is 30.9 Å². The molecule has 0 bridgehead atoms. The Bertz CT molecular complexity index is 804. The van der Waals surface area contributed by atoms with E-state index in [2.05, 4.69) is 30.8 Å². The third-order valence-electron chi connectivity index (χ3n) is 3.58. The summed E-state index contributed by atoms with van der Waals surface area (Å²) in [5.41, 5.74) is -8.70. The lowest BCUT2D eigenvalue weighted by molar-refractivity contribution is -0.698. The van der Waals surface area contributed by atoms with Crippen molar-refractivity contribution in [2.75, 3.05) is 0 Å². The van der Waals surface area contributed by atoms with Gasteiger partial charge in [-0.05, 0) is 13.3 Å². The van der Waals surface area contributed by atoms with Crippen molar-refractivity contribution in [1.29, 1.82) is 0 Å². The number of sulfonamides is 2. The van der Waals surface area contributed by atoms with Crippen molar-refractivity contribution >= 4 is 31.4 Å². The van der Waals surface area contributed by atoms with E-state index in [1.165, 1.54) is 49.2 Å². The fourth-order valence-corrected chi connectivity index (χ4v) is 4.38. The first-order chi connectivity index (χ1) is 13.0. The number of halogens is 6. The van der Waals surface area contributed by atoms with E-state index in [-0.39, 0.29) is 0 Å². The SMILES string of the molecule is CCCCCCC[n+]1csc(C)c1C.O=S(=O)([N-]S(=O)(=O)C(F)(F)F)C(F)(F)F. The minimum atomic E-state index is -6.72. The Hall–Kier alpha value is -0.930. The van der Waals surface area contributed by atoms with Crippen LogP contribution in [0.5, 0.6) is 0 Å². The number of nitrogens with zero attached hydrogens (tertiary/aromatic N) is 2. The largest absolute Gasteiger partial charge is 0.480 e. The lowest BCUT2D eigenvalue weighted by Crippen LogP contribution is -2.34. The molecule has 0 atom stereocenters. The van der Waals surface area contributed by atoms with Crippen molar-refractivity contribution in [3.05, 3.63) is 20.2 Å². The van der Waals surface area contributed by atoms with Crippen molar-refractivity contribution < 1.29 is 47.7 Å². The molecule has 0 aliphatic rings. The predicted molar refractivity (Wildman–Crippen MR) is 96.1 cm³/mol. The van der Waals surface area contributed by atoms with Gasteiger partial charge in [0.2, 0.25) is 5.51 Å². The summed E-state index contributed by atoms with van der Waals surface area (Å²) in [5.74, 6) is 0. The molecule has 0 unspecified atom stereocenters. The van der Waals surface area contributed by atoms with Crippen LogP contribution in [0.1, 0.15) is 49.6 Å². The molecule has 0 N–H and O–H groups in total. The third-order valence-corrected chi connectivity index (χ3v) is 7.33. The molecular weight excluding hydrogens is 470 g/mol. The molecule has 0 saturated heterocycles. The van der Waals surface area contributed by atoms with Crippen LogP contribution in [-0.4, -0.2) is 27.9 Å². The summed E-state index contributed by atoms with van der Waals surface area (Å²) in [6.45, 7) is 7.90. The van der Waals surface area contributed by atoms with Crippen LogP contribution in [0.25, 0.3) is 4.13 Å². The highest BCUT2D eigenvalue weighted by Crippen LogP contribution is 2.36. The summed E-state index contributed by atoms with van der Waals surface area (Å²) < 4.78 is 112. The zero-order valence-electron chi connectivity index (χ0n) is 15.8. The second-order valence-corrected chi connectivity index (χ2v) is 10.4. The lowest BCUT2D eigenvalue weighted by Gasteiger charge is -2.22. The van der Waals surface area contributed by atoms with Crippen LogP contribution < -0.4 is 4.57 Å². The van der Waals surface area contributed by atoms with Gasteiger partial charge in [-0.15, -0.1) is 0 Å². The van der Waals surface area contributed by atoms with Crippen LogP contribution >= 0.6 is 11.3 Å². The number of rotatable bonds is 8. The second-order valence-electron chi connectivity index (χ2n) is 5.89. The summed E-state index contributed by atoms with van der Waals surface area (Å²) >= 11 is 1.86. The van der Waals surface area contributed by atoms with Crippen LogP contribution in [-0.2, 0) is 26.6 Å². The first-order valence-corrected chi connectivity index (χ1v) is 12.0. The Labute approximate surface area is 170 Å². The number of aryl methyl sites for hydroxylation is 2. The van der Waals surface area contributed by atoms with Crippen LogP contribution in [0.4, 0.5) is 26.3 Å². The maximum Gasteiger partial charge on any atom is 0.480 e. The van der Waals surface area contributed by atoms with Gasteiger partial charge < -0.3 is 4.13 Å². The van der Waals surface area contributed by atoms with Crippen LogP contribution in [0, 0.1) is 13.8 Å². The second kappa shape index (κ2) is 10.9. The van der Waals surface area contributed by atoms with Crippen molar-refractivity contribution in [2.24, 2.45) is 0 Å². The van der Waals surface area contributed by atoms with Gasteiger partial charge in [0, 0.05) is 13.3 Å². The maximum absolute atomic E-state index is 11.4. The van der Waals surface area contributed by atoms with Crippen LogP contribution in [0.3, 0.4) is 0 Å². The van der Waals surface area contributed by atoms with Gasteiger partial charge >= 0.3 is 11.0 Å². The Morgan fingerprint density at radius 1 is 0.897 bits per heavy atom. The Balaban J connectivity index is 0.000000541. The standard InChI is InChI=1S/C12H22NS.C2F6NO4S2/c1-4-5-6-7-8-9-13-10-14-12(3)11(13)2;3-1(4,5)14(10,11)9-15(12,13)2(6,7)8/h10H,4-9H2,1-3H3;/q+1;-1. The molecule has 1 heterocycles. The quantitative estimate of drug-likeness (QED) is 0.300. The summed E-state index contributed by atoms with van der Waals surface area (Å²) in [7, 11) is -13.4. The molecule has 0 aromatic carbocycles. The number of hydrogen-bond donors (Lipinski definition) is 0. The van der Waals surface area contributed by atoms with Crippen molar-refractivity contribution in [1.82, 2.24) is 0 Å². The van der Waals surface area contributed by atoms with E-state index in [1.54, 1.807) is 0 Å². The molecule has 0 saturated carbocycles. The van der Waals surface area contributed by atoms with Gasteiger partial charge in [-0.3, -0.25) is 0 Å². The van der Waals surface area contributed by atoms with Gasteiger partial charge in [-0.25, -0.2) is 16.8 Å². The topological polar surface area (TPSA) is 86.3 Å². The zero-order chi connectivity index (χ0) is 23.1. The van der Waals surface area contributed by atoms with E-state index in [0.717, 1.165) is 4.13 Å². The third kappa shape index (κ3) is 9.17. The average Bonchev–Trinajstić information content (AvgIpc) is 2.84. The Morgan fingerprint density at radius 3 is 1.69 bits per heavy atom. The van der Waals surface area contributed by atoms with E-state index < -0.39 is 31.1 Å². The molecule has 1 rings (SSSR count). The minimum absolute atomic E-state index is 0.778. The maximum atomic E-state index is 11.4. The molecule has 1 aromatic heterocycles. The minimum Gasteiger partial charge on any atom is -0.421 e. The van der Waals surface area contributed by atoms with Gasteiger partial charge in [0.05, 0.1) is 4.88 Å². The molecule has 29 heavy (non-hydrogen) atoms. The monoisotopic (exact) mass is 492 g/mol. The molecule has 0 aliphatic carbocycles. The highest BCUT2D eigenvalue weighted by atomic mass is 32.3. The first kappa shape index (κ1) is 28.1. The number of unbranched alkanes of at least 4 members (excludes halogenated alkanes) is 4. The highest BCUT2D eigenvalue weighted by molar-refractivity contribution is 8.13. The first-order valence-electron chi connectivity index (χ1n) is 8.27. The Morgan fingerprint density at radius 2 is 1.34 bits per heavy atom. The summed E-state index contributed by atoms with van der Waals surface area (Å²) in [6, 6.07) is 0. The molecule has 0 spiro atoms. The number of thiazole rings is 1. The van der Waals surface area contributed by atoms with Gasteiger partial charge in [0.15, 0.2) is 25.7 Å². The molecular formula is C14H22F6N2O4S3. The molecule has 15 heteroatoms. The van der Waals surface area contributed by atoms with E-state index in [0.29, 0.717) is 0 Å². The summed E-state index contributed by atoms with van der Waals surface area (Å²) in [6.07, 6.45) is 6.85. The van der Waals surface area contributed by atoms with Crippen molar-refractivity contribution in [3.63, 3.8) is 0 Å². The summed E-state index contributed by atoms with van der Waals surface area (Å²) in [5, 5.41) is 0. The fourth-order valence-electron chi connectivity index (χ4n) is 1.83. The molecule has 0 radical (unpaired) electrons. The van der Waals surface area contributed by atoms with E-state index in [4.69, 9.17) is 0 Å². The highest BCUT2D eigenvalue weighted by Gasteiger charge is 2.46. The average molecular weight is 493 g/mol. The molecule has 0 fully saturated rings. The Kier molecular flexibility index (Phi) is 10.6. The smallest absolute Gasteiger partial charge is 0.421 e. The molecule has 0 amide bonds. The number of hydrogen-bond acceptors (Lipinski definition) is 5. The normalized spacial score (nSPS) is 13.1. The summed E-state index contributed by atoms with van der Waals surface area (Å²) in [4.78, 5) is 1.46. The predicted octanol–water partition coefficient (Wildman–Crippen LogP) is 4.68. The molecule has 6 nitrogen and oxygen atoms in total. The molecule has 172 valence electrons. The van der Waals surface area contributed by atoms with Gasteiger partial charge in [0.25, 0.3) is 0 Å².